The number of nitro benzene ring substituents is 1. The summed E-state index contributed by atoms with van der Waals surface area (Å²) in [7, 11) is 0. The lowest BCUT2D eigenvalue weighted by Crippen LogP contribution is -2.34. The quantitative estimate of drug-likeness (QED) is 0.659. The highest BCUT2D eigenvalue weighted by Crippen LogP contribution is 2.29. The van der Waals surface area contributed by atoms with Crippen LogP contribution in [0, 0.1) is 33.8 Å². The molecule has 1 aromatic carbocycles. The lowest BCUT2D eigenvalue weighted by molar-refractivity contribution is -0.384. The molecule has 0 aliphatic rings. The predicted octanol–water partition coefficient (Wildman–Crippen LogP) is 3.17. The molecule has 0 spiro atoms. The van der Waals surface area contributed by atoms with Crippen LogP contribution in [0.4, 0.5) is 11.4 Å². The topological polar surface area (TPSA) is 96.0 Å². The van der Waals surface area contributed by atoms with Crippen LogP contribution in [0.1, 0.15) is 32.3 Å². The van der Waals surface area contributed by atoms with Gasteiger partial charge in [-0.1, -0.05) is 19.9 Å². The molecule has 1 amide bonds. The third-order valence-electron chi connectivity index (χ3n) is 3.54. The van der Waals surface area contributed by atoms with Gasteiger partial charge in [-0.15, -0.1) is 0 Å². The van der Waals surface area contributed by atoms with Gasteiger partial charge in [0.25, 0.3) is 5.69 Å². The molecule has 0 aliphatic carbocycles. The number of carbonyl (C=O) groups excluding carboxylic acids is 1. The molecule has 6 nitrogen and oxygen atoms in total. The molecular weight excluding hydrogens is 258 g/mol. The van der Waals surface area contributed by atoms with Gasteiger partial charge in [-0.25, -0.2) is 0 Å². The molecule has 0 radical (unpaired) electrons. The highest BCUT2D eigenvalue weighted by atomic mass is 16.6. The summed E-state index contributed by atoms with van der Waals surface area (Å²) in [5, 5.41) is 22.6. The monoisotopic (exact) mass is 275 g/mol. The Labute approximate surface area is 117 Å². The molecule has 0 aromatic heterocycles. The Morgan fingerprint density at radius 2 is 2.05 bits per heavy atom. The number of amides is 1. The van der Waals surface area contributed by atoms with E-state index in [0.717, 1.165) is 0 Å². The fourth-order valence-electron chi connectivity index (χ4n) is 1.88. The van der Waals surface area contributed by atoms with Crippen molar-refractivity contribution in [2.75, 3.05) is 5.32 Å². The van der Waals surface area contributed by atoms with Crippen molar-refractivity contribution in [1.82, 2.24) is 0 Å². The van der Waals surface area contributed by atoms with E-state index >= 15 is 0 Å². The number of non-ortho nitro benzene ring substituents is 1. The van der Waals surface area contributed by atoms with Crippen LogP contribution >= 0.6 is 0 Å². The molecule has 0 saturated heterocycles. The molecule has 0 bridgehead atoms. The van der Waals surface area contributed by atoms with Gasteiger partial charge in [0.2, 0.25) is 5.91 Å². The second kappa shape index (κ2) is 6.15. The Hall–Kier alpha value is -2.42. The molecule has 0 atom stereocenters. The number of anilines is 1. The number of carbonyl (C=O) groups is 1. The number of hydrogen-bond acceptors (Lipinski definition) is 4. The molecule has 0 unspecified atom stereocenters. The first kappa shape index (κ1) is 15.6. The maximum Gasteiger partial charge on any atom is 0.271 e. The second-order valence-corrected chi connectivity index (χ2v) is 4.61. The van der Waals surface area contributed by atoms with Crippen LogP contribution in [0.3, 0.4) is 0 Å². The van der Waals surface area contributed by atoms with Gasteiger partial charge in [-0.2, -0.15) is 5.26 Å². The zero-order chi connectivity index (χ0) is 15.3. The highest BCUT2D eigenvalue weighted by Gasteiger charge is 2.35. The maximum absolute atomic E-state index is 12.3. The molecule has 20 heavy (non-hydrogen) atoms. The summed E-state index contributed by atoms with van der Waals surface area (Å²) in [5.74, 6) is -0.423. The normalized spacial score (nSPS) is 10.7. The van der Waals surface area contributed by atoms with E-state index in [1.807, 2.05) is 6.07 Å². The molecule has 0 fully saturated rings. The predicted molar refractivity (Wildman–Crippen MR) is 75.1 cm³/mol. The standard InChI is InChI=1S/C14H17N3O3/c1-4-14(5-2,9-15)13(18)16-12-8-11(17(19)20)7-6-10(12)3/h6-8H,4-5H2,1-3H3,(H,16,18). The van der Waals surface area contributed by atoms with Gasteiger partial charge in [0.05, 0.1) is 16.7 Å². The van der Waals surface area contributed by atoms with Crippen molar-refractivity contribution in [1.29, 1.82) is 5.26 Å². The molecule has 1 rings (SSSR count). The van der Waals surface area contributed by atoms with Crippen molar-refractivity contribution >= 4 is 17.3 Å². The molecule has 6 heteroatoms. The Balaban J connectivity index is 3.10. The van der Waals surface area contributed by atoms with Crippen molar-refractivity contribution in [3.63, 3.8) is 0 Å². The van der Waals surface area contributed by atoms with E-state index in [4.69, 9.17) is 0 Å². The second-order valence-electron chi connectivity index (χ2n) is 4.61. The first-order valence-electron chi connectivity index (χ1n) is 6.38. The Morgan fingerprint density at radius 1 is 1.45 bits per heavy atom. The lowest BCUT2D eigenvalue weighted by Gasteiger charge is -2.22. The minimum Gasteiger partial charge on any atom is -0.324 e. The number of nitro groups is 1. The van der Waals surface area contributed by atoms with Crippen molar-refractivity contribution in [2.45, 2.75) is 33.6 Å². The van der Waals surface area contributed by atoms with E-state index in [1.165, 1.54) is 12.1 Å². The number of nitriles is 1. The van der Waals surface area contributed by atoms with Gasteiger partial charge in [-0.3, -0.25) is 14.9 Å². The number of aryl methyl sites for hydroxylation is 1. The van der Waals surface area contributed by atoms with Crippen LogP contribution in [-0.2, 0) is 4.79 Å². The minimum absolute atomic E-state index is 0.0959. The van der Waals surface area contributed by atoms with E-state index < -0.39 is 16.2 Å². The summed E-state index contributed by atoms with van der Waals surface area (Å²) in [6, 6.07) is 6.30. The zero-order valence-electron chi connectivity index (χ0n) is 11.8. The SMILES string of the molecule is CCC(C#N)(CC)C(=O)Nc1cc([N+](=O)[O-])ccc1C. The van der Waals surface area contributed by atoms with Crippen LogP contribution < -0.4 is 5.32 Å². The summed E-state index contributed by atoms with van der Waals surface area (Å²) in [4.78, 5) is 22.5. The smallest absolute Gasteiger partial charge is 0.271 e. The molecule has 1 N–H and O–H groups in total. The summed E-state index contributed by atoms with van der Waals surface area (Å²) in [6.07, 6.45) is 0.777. The summed E-state index contributed by atoms with van der Waals surface area (Å²) in [5.41, 5.74) is -0.118. The number of nitrogens with one attached hydrogen (secondary N) is 1. The van der Waals surface area contributed by atoms with Crippen molar-refractivity contribution in [2.24, 2.45) is 5.41 Å². The number of rotatable bonds is 5. The number of nitrogens with zero attached hydrogens (tertiary/aromatic N) is 2. The van der Waals surface area contributed by atoms with Crippen LogP contribution in [0.2, 0.25) is 0 Å². The van der Waals surface area contributed by atoms with Crippen molar-refractivity contribution in [3.8, 4) is 6.07 Å². The first-order chi connectivity index (χ1) is 9.40. The molecule has 0 saturated carbocycles. The van der Waals surface area contributed by atoms with Crippen molar-refractivity contribution < 1.29 is 9.72 Å². The molecular formula is C14H17N3O3. The van der Waals surface area contributed by atoms with Gasteiger partial charge in [0, 0.05) is 12.1 Å². The van der Waals surface area contributed by atoms with Gasteiger partial charge in [-0.05, 0) is 25.3 Å². The summed E-state index contributed by atoms with van der Waals surface area (Å²) < 4.78 is 0. The van der Waals surface area contributed by atoms with Crippen molar-refractivity contribution in [3.05, 3.63) is 33.9 Å². The molecule has 0 heterocycles. The molecule has 106 valence electrons. The largest absolute Gasteiger partial charge is 0.324 e. The first-order valence-corrected chi connectivity index (χ1v) is 6.38. The van der Waals surface area contributed by atoms with E-state index in [-0.39, 0.29) is 5.69 Å². The zero-order valence-corrected chi connectivity index (χ0v) is 11.8. The Kier molecular flexibility index (Phi) is 4.81. The Morgan fingerprint density at radius 3 is 2.50 bits per heavy atom. The lowest BCUT2D eigenvalue weighted by atomic mass is 9.83. The van der Waals surface area contributed by atoms with Gasteiger partial charge in [0.15, 0.2) is 0 Å². The summed E-state index contributed by atoms with van der Waals surface area (Å²) in [6.45, 7) is 5.28. The third-order valence-corrected chi connectivity index (χ3v) is 3.54. The average Bonchev–Trinajstić information content (AvgIpc) is 2.43. The highest BCUT2D eigenvalue weighted by molar-refractivity contribution is 5.97. The van der Waals surface area contributed by atoms with Gasteiger partial charge in [0.1, 0.15) is 5.41 Å². The van der Waals surface area contributed by atoms with Crippen LogP contribution in [0.5, 0.6) is 0 Å². The molecule has 0 aliphatic heterocycles. The van der Waals surface area contributed by atoms with Gasteiger partial charge >= 0.3 is 0 Å². The average molecular weight is 275 g/mol. The fourth-order valence-corrected chi connectivity index (χ4v) is 1.88. The Bertz CT molecular complexity index is 572. The number of benzene rings is 1. The van der Waals surface area contributed by atoms with E-state index in [9.17, 15) is 20.2 Å². The fraction of sp³-hybridized carbons (Fsp3) is 0.429. The van der Waals surface area contributed by atoms with Crippen LogP contribution in [-0.4, -0.2) is 10.8 Å². The van der Waals surface area contributed by atoms with E-state index in [2.05, 4.69) is 5.32 Å². The van der Waals surface area contributed by atoms with Crippen LogP contribution in [0.15, 0.2) is 18.2 Å². The van der Waals surface area contributed by atoms with E-state index in [1.54, 1.807) is 26.8 Å². The third kappa shape index (κ3) is 2.94. The summed E-state index contributed by atoms with van der Waals surface area (Å²) >= 11 is 0. The minimum atomic E-state index is -1.10. The van der Waals surface area contributed by atoms with Gasteiger partial charge < -0.3 is 5.32 Å². The molecule has 1 aromatic rings. The number of hydrogen-bond donors (Lipinski definition) is 1. The van der Waals surface area contributed by atoms with Crippen LogP contribution in [0.25, 0.3) is 0 Å². The maximum atomic E-state index is 12.3. The van der Waals surface area contributed by atoms with E-state index in [0.29, 0.717) is 24.1 Å².